The van der Waals surface area contributed by atoms with Crippen molar-refractivity contribution in [3.05, 3.63) is 0 Å². The summed E-state index contributed by atoms with van der Waals surface area (Å²) in [4.78, 5) is 14.0. The van der Waals surface area contributed by atoms with Crippen LogP contribution in [-0.4, -0.2) is 40.1 Å². The van der Waals surface area contributed by atoms with Crippen LogP contribution in [0.4, 0.5) is 0 Å². The van der Waals surface area contributed by atoms with E-state index in [1.165, 1.54) is 0 Å². The number of nitrogens with zero attached hydrogens (tertiary/aromatic N) is 1. The standard InChI is InChI=1S/C11H20N2O2S/c1-7(10(12)16)11(15)13-5-3-9(4-6-13)8(2)14/h7-9,14H,3-6H2,1-2H3,(H2,12,16). The number of hydrogen-bond acceptors (Lipinski definition) is 3. The van der Waals surface area contributed by atoms with Crippen molar-refractivity contribution in [2.75, 3.05) is 13.1 Å². The van der Waals surface area contributed by atoms with E-state index in [2.05, 4.69) is 0 Å². The Hall–Kier alpha value is -0.680. The highest BCUT2D eigenvalue weighted by Gasteiger charge is 2.28. The molecule has 0 spiro atoms. The highest BCUT2D eigenvalue weighted by molar-refractivity contribution is 7.80. The fraction of sp³-hybridized carbons (Fsp3) is 0.818. The van der Waals surface area contributed by atoms with E-state index in [0.29, 0.717) is 19.0 Å². The van der Waals surface area contributed by atoms with Crippen LogP contribution >= 0.6 is 12.2 Å². The minimum Gasteiger partial charge on any atom is -0.393 e. The van der Waals surface area contributed by atoms with Crippen LogP contribution < -0.4 is 5.73 Å². The minimum absolute atomic E-state index is 0.0107. The van der Waals surface area contributed by atoms with Crippen LogP contribution in [0.15, 0.2) is 0 Å². The number of carbonyl (C=O) groups excluding carboxylic acids is 1. The molecule has 3 N–H and O–H groups in total. The van der Waals surface area contributed by atoms with Crippen LogP contribution in [0.3, 0.4) is 0 Å². The van der Waals surface area contributed by atoms with Crippen LogP contribution in [-0.2, 0) is 4.79 Å². The summed E-state index contributed by atoms with van der Waals surface area (Å²) in [6.45, 7) is 4.94. The van der Waals surface area contributed by atoms with E-state index in [0.717, 1.165) is 12.8 Å². The van der Waals surface area contributed by atoms with Gasteiger partial charge in [0.2, 0.25) is 5.91 Å². The quantitative estimate of drug-likeness (QED) is 0.711. The molecular formula is C11H20N2O2S. The molecule has 1 fully saturated rings. The van der Waals surface area contributed by atoms with Gasteiger partial charge in [-0.1, -0.05) is 12.2 Å². The maximum atomic E-state index is 11.9. The second-order valence-corrected chi connectivity index (χ2v) is 5.00. The zero-order chi connectivity index (χ0) is 12.3. The van der Waals surface area contributed by atoms with Crippen LogP contribution in [0.2, 0.25) is 0 Å². The van der Waals surface area contributed by atoms with Crippen LogP contribution in [0, 0.1) is 11.8 Å². The van der Waals surface area contributed by atoms with Gasteiger partial charge in [0, 0.05) is 13.1 Å². The second-order valence-electron chi connectivity index (χ2n) is 4.53. The normalized spacial score (nSPS) is 21.6. The summed E-state index contributed by atoms with van der Waals surface area (Å²) < 4.78 is 0. The van der Waals surface area contributed by atoms with Gasteiger partial charge in [-0.25, -0.2) is 0 Å². The van der Waals surface area contributed by atoms with E-state index in [1.807, 2.05) is 0 Å². The molecule has 0 bridgehead atoms. The third kappa shape index (κ3) is 3.15. The number of carbonyl (C=O) groups is 1. The van der Waals surface area contributed by atoms with Gasteiger partial charge in [-0.15, -0.1) is 0 Å². The Morgan fingerprint density at radius 3 is 2.31 bits per heavy atom. The van der Waals surface area contributed by atoms with Crippen molar-refractivity contribution in [2.45, 2.75) is 32.8 Å². The molecule has 1 aliphatic rings. The highest BCUT2D eigenvalue weighted by Crippen LogP contribution is 2.21. The second kappa shape index (κ2) is 5.59. The molecule has 2 atom stereocenters. The lowest BCUT2D eigenvalue weighted by Crippen LogP contribution is -2.45. The lowest BCUT2D eigenvalue weighted by molar-refractivity contribution is -0.134. The van der Waals surface area contributed by atoms with E-state index in [-0.39, 0.29) is 22.9 Å². The zero-order valence-corrected chi connectivity index (χ0v) is 10.7. The first-order valence-corrected chi connectivity index (χ1v) is 6.10. The summed E-state index contributed by atoms with van der Waals surface area (Å²) in [5.41, 5.74) is 5.46. The van der Waals surface area contributed by atoms with Gasteiger partial charge < -0.3 is 15.7 Å². The molecule has 16 heavy (non-hydrogen) atoms. The molecule has 1 saturated heterocycles. The molecule has 2 unspecified atom stereocenters. The Bertz CT molecular complexity index is 273. The molecule has 0 aromatic carbocycles. The third-order valence-corrected chi connectivity index (χ3v) is 3.68. The predicted octanol–water partition coefficient (Wildman–Crippen LogP) is 0.528. The Kier molecular flexibility index (Phi) is 4.68. The molecule has 1 aliphatic heterocycles. The van der Waals surface area contributed by atoms with Crippen molar-refractivity contribution < 1.29 is 9.90 Å². The number of thiocarbonyl (C=S) groups is 1. The number of hydrogen-bond donors (Lipinski definition) is 2. The third-order valence-electron chi connectivity index (χ3n) is 3.33. The van der Waals surface area contributed by atoms with Gasteiger partial charge in [-0.05, 0) is 32.6 Å². The number of likely N-dealkylation sites (tertiary alicyclic amines) is 1. The average molecular weight is 244 g/mol. The molecular weight excluding hydrogens is 224 g/mol. The summed E-state index contributed by atoms with van der Waals surface area (Å²) in [6.07, 6.45) is 1.42. The van der Waals surface area contributed by atoms with Gasteiger partial charge in [0.05, 0.1) is 17.0 Å². The Morgan fingerprint density at radius 1 is 1.44 bits per heavy atom. The smallest absolute Gasteiger partial charge is 0.232 e. The Labute approximate surface area is 102 Å². The molecule has 1 amide bonds. The lowest BCUT2D eigenvalue weighted by Gasteiger charge is -2.34. The van der Waals surface area contributed by atoms with Crippen molar-refractivity contribution >= 4 is 23.1 Å². The fourth-order valence-corrected chi connectivity index (χ4v) is 2.10. The van der Waals surface area contributed by atoms with Gasteiger partial charge in [0.1, 0.15) is 0 Å². The highest BCUT2D eigenvalue weighted by atomic mass is 32.1. The average Bonchev–Trinajstić information content (AvgIpc) is 2.27. The van der Waals surface area contributed by atoms with Crippen LogP contribution in [0.1, 0.15) is 26.7 Å². The molecule has 1 heterocycles. The molecule has 0 saturated carbocycles. The van der Waals surface area contributed by atoms with Gasteiger partial charge in [0.25, 0.3) is 0 Å². The zero-order valence-electron chi connectivity index (χ0n) is 9.85. The van der Waals surface area contributed by atoms with E-state index in [4.69, 9.17) is 18.0 Å². The minimum atomic E-state index is -0.377. The summed E-state index contributed by atoms with van der Waals surface area (Å²) in [5.74, 6) is -0.0566. The largest absolute Gasteiger partial charge is 0.393 e. The molecule has 0 aliphatic carbocycles. The van der Waals surface area contributed by atoms with Crippen molar-refractivity contribution in [3.8, 4) is 0 Å². The first-order chi connectivity index (χ1) is 7.43. The van der Waals surface area contributed by atoms with Crippen molar-refractivity contribution in [1.29, 1.82) is 0 Å². The van der Waals surface area contributed by atoms with E-state index < -0.39 is 0 Å². The predicted molar refractivity (Wildman–Crippen MR) is 66.9 cm³/mol. The van der Waals surface area contributed by atoms with E-state index in [1.54, 1.807) is 18.7 Å². The monoisotopic (exact) mass is 244 g/mol. The molecule has 0 aromatic rings. The van der Waals surface area contributed by atoms with E-state index in [9.17, 15) is 9.90 Å². The summed E-state index contributed by atoms with van der Waals surface area (Å²) >= 11 is 4.82. The first kappa shape index (κ1) is 13.4. The number of aliphatic hydroxyl groups is 1. The lowest BCUT2D eigenvalue weighted by atomic mass is 9.91. The SMILES string of the molecule is CC(C(=O)N1CCC(C(C)O)CC1)C(N)=S. The molecule has 0 radical (unpaired) electrons. The molecule has 5 heteroatoms. The topological polar surface area (TPSA) is 66.6 Å². The molecule has 1 rings (SSSR count). The maximum Gasteiger partial charge on any atom is 0.232 e. The molecule has 4 nitrogen and oxygen atoms in total. The molecule has 0 aromatic heterocycles. The van der Waals surface area contributed by atoms with Crippen LogP contribution in [0.25, 0.3) is 0 Å². The van der Waals surface area contributed by atoms with Gasteiger partial charge >= 0.3 is 0 Å². The Morgan fingerprint density at radius 2 is 1.94 bits per heavy atom. The summed E-state index contributed by atoms with van der Waals surface area (Å²) in [5, 5.41) is 9.46. The van der Waals surface area contributed by atoms with Crippen molar-refractivity contribution in [2.24, 2.45) is 17.6 Å². The number of amides is 1. The Balaban J connectivity index is 2.48. The van der Waals surface area contributed by atoms with Crippen molar-refractivity contribution in [3.63, 3.8) is 0 Å². The first-order valence-electron chi connectivity index (χ1n) is 5.69. The van der Waals surface area contributed by atoms with Gasteiger partial charge in [-0.3, -0.25) is 4.79 Å². The van der Waals surface area contributed by atoms with Crippen molar-refractivity contribution in [1.82, 2.24) is 4.90 Å². The molecule has 92 valence electrons. The maximum absolute atomic E-state index is 11.9. The van der Waals surface area contributed by atoms with Crippen LogP contribution in [0.5, 0.6) is 0 Å². The number of nitrogens with two attached hydrogens (primary N) is 1. The fourth-order valence-electron chi connectivity index (χ4n) is 2.00. The van der Waals surface area contributed by atoms with Gasteiger partial charge in [-0.2, -0.15) is 0 Å². The number of rotatable bonds is 3. The summed E-state index contributed by atoms with van der Waals surface area (Å²) in [7, 11) is 0. The number of piperidine rings is 1. The van der Waals surface area contributed by atoms with Gasteiger partial charge in [0.15, 0.2) is 0 Å². The number of aliphatic hydroxyl groups excluding tert-OH is 1. The summed E-state index contributed by atoms with van der Waals surface area (Å²) in [6, 6.07) is 0. The van der Waals surface area contributed by atoms with E-state index >= 15 is 0 Å².